The van der Waals surface area contributed by atoms with Crippen molar-refractivity contribution < 1.29 is 14.3 Å². The molecule has 5 heteroatoms. The molecule has 0 aromatic heterocycles. The van der Waals surface area contributed by atoms with Gasteiger partial charge < -0.3 is 15.0 Å². The van der Waals surface area contributed by atoms with Crippen LogP contribution in [0.5, 0.6) is 0 Å². The summed E-state index contributed by atoms with van der Waals surface area (Å²) in [6.07, 6.45) is 0. The zero-order chi connectivity index (χ0) is 11.9. The molecule has 88 valence electrons. The SMILES string of the molecule is CC(C)(C)OC=O.CN1CCNCC1=O. The van der Waals surface area contributed by atoms with Crippen LogP contribution in [0.2, 0.25) is 0 Å². The van der Waals surface area contributed by atoms with Gasteiger partial charge in [0.2, 0.25) is 5.91 Å². The molecule has 1 amide bonds. The first kappa shape index (κ1) is 13.9. The summed E-state index contributed by atoms with van der Waals surface area (Å²) in [5.74, 6) is 0.191. The van der Waals surface area contributed by atoms with E-state index in [-0.39, 0.29) is 11.5 Å². The Kier molecular flexibility index (Phi) is 5.93. The van der Waals surface area contributed by atoms with Gasteiger partial charge in [0.25, 0.3) is 6.47 Å². The van der Waals surface area contributed by atoms with Crippen LogP contribution < -0.4 is 5.32 Å². The molecule has 1 saturated heterocycles. The van der Waals surface area contributed by atoms with Crippen molar-refractivity contribution in [2.24, 2.45) is 0 Å². The first-order chi connectivity index (χ1) is 6.87. The second kappa shape index (κ2) is 6.40. The number of piperazine rings is 1. The minimum atomic E-state index is -0.318. The van der Waals surface area contributed by atoms with E-state index in [1.165, 1.54) is 0 Å². The first-order valence-corrected chi connectivity index (χ1v) is 4.93. The number of rotatable bonds is 1. The van der Waals surface area contributed by atoms with Gasteiger partial charge >= 0.3 is 0 Å². The highest BCUT2D eigenvalue weighted by atomic mass is 16.5. The van der Waals surface area contributed by atoms with Crippen molar-refractivity contribution in [3.05, 3.63) is 0 Å². The second-order valence-corrected chi connectivity index (χ2v) is 4.32. The molecule has 1 heterocycles. The smallest absolute Gasteiger partial charge is 0.293 e. The van der Waals surface area contributed by atoms with Crippen molar-refractivity contribution in [2.45, 2.75) is 26.4 Å². The Hall–Kier alpha value is -1.10. The Morgan fingerprint density at radius 2 is 2.07 bits per heavy atom. The summed E-state index contributed by atoms with van der Waals surface area (Å²) in [7, 11) is 1.82. The number of amides is 1. The lowest BCUT2D eigenvalue weighted by atomic mass is 10.2. The average molecular weight is 216 g/mol. The molecule has 5 nitrogen and oxygen atoms in total. The zero-order valence-electron chi connectivity index (χ0n) is 9.87. The van der Waals surface area contributed by atoms with Crippen LogP contribution in [0.4, 0.5) is 0 Å². The fourth-order valence-corrected chi connectivity index (χ4v) is 0.846. The minimum Gasteiger partial charge on any atom is -0.462 e. The van der Waals surface area contributed by atoms with Gasteiger partial charge in [-0.1, -0.05) is 0 Å². The van der Waals surface area contributed by atoms with Crippen molar-refractivity contribution in [1.82, 2.24) is 10.2 Å². The van der Waals surface area contributed by atoms with E-state index in [1.54, 1.807) is 4.90 Å². The number of nitrogens with zero attached hydrogens (tertiary/aromatic N) is 1. The van der Waals surface area contributed by atoms with Gasteiger partial charge in [-0.2, -0.15) is 0 Å². The van der Waals surface area contributed by atoms with Gasteiger partial charge in [-0.3, -0.25) is 9.59 Å². The second-order valence-electron chi connectivity index (χ2n) is 4.32. The van der Waals surface area contributed by atoms with Crippen LogP contribution in [0.25, 0.3) is 0 Å². The van der Waals surface area contributed by atoms with Crippen molar-refractivity contribution in [3.8, 4) is 0 Å². The fourth-order valence-electron chi connectivity index (χ4n) is 0.846. The molecule has 0 unspecified atom stereocenters. The van der Waals surface area contributed by atoms with Crippen LogP contribution in [0, 0.1) is 0 Å². The zero-order valence-corrected chi connectivity index (χ0v) is 9.87. The molecule has 0 aromatic rings. The van der Waals surface area contributed by atoms with Crippen molar-refractivity contribution in [2.75, 3.05) is 26.7 Å². The summed E-state index contributed by atoms with van der Waals surface area (Å²) >= 11 is 0. The fraction of sp³-hybridized carbons (Fsp3) is 0.800. The highest BCUT2D eigenvalue weighted by Gasteiger charge is 2.11. The summed E-state index contributed by atoms with van der Waals surface area (Å²) in [5, 5.41) is 2.97. The Balaban J connectivity index is 0.000000265. The quantitative estimate of drug-likeness (QED) is 0.627. The molecule has 0 spiro atoms. The van der Waals surface area contributed by atoms with E-state index in [0.717, 1.165) is 13.1 Å². The Bertz CT molecular complexity index is 211. The van der Waals surface area contributed by atoms with Gasteiger partial charge in [-0.05, 0) is 20.8 Å². The average Bonchev–Trinajstić information content (AvgIpc) is 2.09. The minimum absolute atomic E-state index is 0.191. The van der Waals surface area contributed by atoms with E-state index >= 15 is 0 Å². The third-order valence-electron chi connectivity index (χ3n) is 1.73. The van der Waals surface area contributed by atoms with Crippen molar-refractivity contribution in [1.29, 1.82) is 0 Å². The van der Waals surface area contributed by atoms with Crippen molar-refractivity contribution >= 4 is 12.4 Å². The molecule has 15 heavy (non-hydrogen) atoms. The summed E-state index contributed by atoms with van der Waals surface area (Å²) < 4.78 is 4.55. The first-order valence-electron chi connectivity index (χ1n) is 4.93. The monoisotopic (exact) mass is 216 g/mol. The predicted octanol–water partition coefficient (Wildman–Crippen LogP) is 0.00590. The molecule has 1 N–H and O–H groups in total. The predicted molar refractivity (Wildman–Crippen MR) is 57.4 cm³/mol. The number of nitrogens with one attached hydrogen (secondary N) is 1. The summed E-state index contributed by atoms with van der Waals surface area (Å²) in [6, 6.07) is 0. The third kappa shape index (κ3) is 7.93. The molecule has 0 aliphatic carbocycles. The Morgan fingerprint density at radius 3 is 2.27 bits per heavy atom. The number of ether oxygens (including phenoxy) is 1. The lowest BCUT2D eigenvalue weighted by molar-refractivity contribution is -0.138. The summed E-state index contributed by atoms with van der Waals surface area (Å²) in [6.45, 7) is 8.21. The molecular weight excluding hydrogens is 196 g/mol. The number of hydrogen-bond acceptors (Lipinski definition) is 4. The standard InChI is InChI=1S/C5H10N2O.C5H10O2/c1-7-3-2-6-4-5(7)8;1-5(2,3)7-4-6/h6H,2-4H2,1H3;4H,1-3H3. The van der Waals surface area contributed by atoms with Crippen LogP contribution in [0.1, 0.15) is 20.8 Å². The number of hydrogen-bond donors (Lipinski definition) is 1. The van der Waals surface area contributed by atoms with Gasteiger partial charge in [0.1, 0.15) is 5.60 Å². The van der Waals surface area contributed by atoms with Crippen LogP contribution in [0.15, 0.2) is 0 Å². The van der Waals surface area contributed by atoms with Gasteiger partial charge in [-0.25, -0.2) is 0 Å². The van der Waals surface area contributed by atoms with E-state index in [4.69, 9.17) is 0 Å². The molecule has 1 aliphatic heterocycles. The Morgan fingerprint density at radius 1 is 1.47 bits per heavy atom. The van der Waals surface area contributed by atoms with E-state index in [9.17, 15) is 9.59 Å². The maximum atomic E-state index is 10.7. The van der Waals surface area contributed by atoms with Gasteiger partial charge in [0.15, 0.2) is 0 Å². The van der Waals surface area contributed by atoms with E-state index in [2.05, 4.69) is 10.1 Å². The molecule has 1 aliphatic rings. The van der Waals surface area contributed by atoms with Crippen molar-refractivity contribution in [3.63, 3.8) is 0 Å². The largest absolute Gasteiger partial charge is 0.462 e. The molecule has 0 aromatic carbocycles. The summed E-state index contributed by atoms with van der Waals surface area (Å²) in [5.41, 5.74) is -0.318. The number of likely N-dealkylation sites (N-methyl/N-ethyl adjacent to an activating group) is 1. The lowest BCUT2D eigenvalue weighted by Gasteiger charge is -2.22. The maximum absolute atomic E-state index is 10.7. The Labute approximate surface area is 90.8 Å². The number of carbonyl (C=O) groups excluding carboxylic acids is 2. The van der Waals surface area contributed by atoms with Crippen LogP contribution in [-0.2, 0) is 14.3 Å². The van der Waals surface area contributed by atoms with Gasteiger partial charge in [0, 0.05) is 20.1 Å². The molecule has 0 radical (unpaired) electrons. The summed E-state index contributed by atoms with van der Waals surface area (Å²) in [4.78, 5) is 22.0. The highest BCUT2D eigenvalue weighted by Crippen LogP contribution is 2.02. The lowest BCUT2D eigenvalue weighted by Crippen LogP contribution is -2.45. The molecule has 1 rings (SSSR count). The molecule has 0 atom stereocenters. The highest BCUT2D eigenvalue weighted by molar-refractivity contribution is 5.78. The van der Waals surface area contributed by atoms with E-state index < -0.39 is 0 Å². The molecule has 0 saturated carbocycles. The third-order valence-corrected chi connectivity index (χ3v) is 1.73. The maximum Gasteiger partial charge on any atom is 0.293 e. The normalized spacial score (nSPS) is 16.5. The van der Waals surface area contributed by atoms with Gasteiger partial charge in [-0.15, -0.1) is 0 Å². The topological polar surface area (TPSA) is 58.6 Å². The van der Waals surface area contributed by atoms with E-state index in [0.29, 0.717) is 13.0 Å². The van der Waals surface area contributed by atoms with Gasteiger partial charge in [0.05, 0.1) is 6.54 Å². The van der Waals surface area contributed by atoms with Crippen LogP contribution >= 0.6 is 0 Å². The van der Waals surface area contributed by atoms with E-state index in [1.807, 2.05) is 27.8 Å². The number of carbonyl (C=O) groups is 2. The molecule has 1 fully saturated rings. The molecular formula is C10H20N2O3. The molecule has 0 bridgehead atoms. The van der Waals surface area contributed by atoms with Crippen LogP contribution in [0.3, 0.4) is 0 Å². The van der Waals surface area contributed by atoms with Crippen LogP contribution in [-0.4, -0.2) is 49.6 Å².